The summed E-state index contributed by atoms with van der Waals surface area (Å²) in [6, 6.07) is 14.6. The minimum absolute atomic E-state index is 0.0222. The Bertz CT molecular complexity index is 830. The Labute approximate surface area is 163 Å². The van der Waals surface area contributed by atoms with Crippen molar-refractivity contribution in [2.45, 2.75) is 18.9 Å². The number of likely N-dealkylation sites (tertiary alicyclic amines) is 1. The van der Waals surface area contributed by atoms with Gasteiger partial charge in [0.2, 0.25) is 5.91 Å². The first-order valence-electron chi connectivity index (χ1n) is 9.35. The number of carbonyl (C=O) groups excluding carboxylic acids is 2. The Morgan fingerprint density at radius 1 is 1.14 bits per heavy atom. The van der Waals surface area contributed by atoms with Crippen LogP contribution >= 0.6 is 0 Å². The van der Waals surface area contributed by atoms with E-state index in [0.717, 1.165) is 0 Å². The zero-order chi connectivity index (χ0) is 20.1. The maximum atomic E-state index is 13.6. The number of nitrogens with zero attached hydrogens (tertiary/aromatic N) is 1. The number of imide groups is 1. The van der Waals surface area contributed by atoms with Crippen LogP contribution in [0.15, 0.2) is 54.6 Å². The van der Waals surface area contributed by atoms with Crippen LogP contribution in [0.1, 0.15) is 18.4 Å². The van der Waals surface area contributed by atoms with Gasteiger partial charge in [-0.2, -0.15) is 0 Å². The Balaban J connectivity index is 1.60. The second kappa shape index (κ2) is 8.95. The third-order valence-corrected chi connectivity index (χ3v) is 5.29. The molecule has 148 valence electrons. The first-order chi connectivity index (χ1) is 13.5. The van der Waals surface area contributed by atoms with Crippen LogP contribution in [0.5, 0.6) is 0 Å². The summed E-state index contributed by atoms with van der Waals surface area (Å²) in [6.45, 7) is 3.65. The number of carbonyl (C=O) groups is 2. The van der Waals surface area contributed by atoms with Gasteiger partial charge in [0.1, 0.15) is 5.82 Å². The number of hydrogen-bond donors (Lipinski definition) is 3. The number of para-hydroxylation sites is 1. The Morgan fingerprint density at radius 3 is 2.50 bits per heavy atom. The summed E-state index contributed by atoms with van der Waals surface area (Å²) in [4.78, 5) is 26.6. The number of amides is 3. The number of hydrogen-bond acceptors (Lipinski definition) is 4. The molecule has 3 atom stereocenters. The van der Waals surface area contributed by atoms with Crippen LogP contribution in [0.4, 0.5) is 14.9 Å². The van der Waals surface area contributed by atoms with Crippen molar-refractivity contribution in [2.24, 2.45) is 11.7 Å². The lowest BCUT2D eigenvalue weighted by molar-refractivity contribution is -0.124. The Morgan fingerprint density at radius 2 is 1.82 bits per heavy atom. The van der Waals surface area contributed by atoms with Crippen LogP contribution < -0.4 is 16.4 Å². The second-order valence-corrected chi connectivity index (χ2v) is 7.07. The highest BCUT2D eigenvalue weighted by atomic mass is 19.1. The number of halogens is 1. The maximum absolute atomic E-state index is 13.6. The van der Waals surface area contributed by atoms with Gasteiger partial charge in [0.25, 0.3) is 0 Å². The molecule has 1 heterocycles. The van der Waals surface area contributed by atoms with E-state index in [2.05, 4.69) is 22.8 Å². The molecule has 6 nitrogen and oxygen atoms in total. The molecule has 2 aromatic rings. The third-order valence-electron chi connectivity index (χ3n) is 5.29. The molecular weight excluding hydrogens is 359 g/mol. The van der Waals surface area contributed by atoms with Crippen LogP contribution in [0.3, 0.4) is 0 Å². The van der Waals surface area contributed by atoms with Crippen molar-refractivity contribution in [2.75, 3.05) is 25.0 Å². The number of anilines is 1. The van der Waals surface area contributed by atoms with Crippen LogP contribution in [-0.4, -0.2) is 42.5 Å². The van der Waals surface area contributed by atoms with Crippen molar-refractivity contribution in [3.63, 3.8) is 0 Å². The standard InChI is InChI=1S/C21H25FN4O2/c1-14(20(27)25-21(28)24-19-10-6-5-9-18(19)22)26-12-16(11-23)17(13-26)15-7-3-2-4-8-15/h2-10,14,16-17H,11-13,23H2,1H3,(H2,24,25,27,28)/t14?,16-,17+/m1/s1. The van der Waals surface area contributed by atoms with E-state index in [-0.39, 0.29) is 17.5 Å². The summed E-state index contributed by atoms with van der Waals surface area (Å²) in [5.41, 5.74) is 7.18. The van der Waals surface area contributed by atoms with Gasteiger partial charge in [-0.15, -0.1) is 0 Å². The molecule has 2 aromatic carbocycles. The molecule has 4 N–H and O–H groups in total. The van der Waals surface area contributed by atoms with Gasteiger partial charge >= 0.3 is 6.03 Å². The predicted molar refractivity (Wildman–Crippen MR) is 106 cm³/mol. The molecule has 0 aliphatic carbocycles. The average Bonchev–Trinajstić information content (AvgIpc) is 3.14. The van der Waals surface area contributed by atoms with Gasteiger partial charge in [0.05, 0.1) is 11.7 Å². The Kier molecular flexibility index (Phi) is 6.38. The second-order valence-electron chi connectivity index (χ2n) is 7.07. The molecule has 0 saturated carbocycles. The van der Waals surface area contributed by atoms with E-state index in [0.29, 0.717) is 19.6 Å². The molecule has 0 radical (unpaired) electrons. The van der Waals surface area contributed by atoms with Crippen molar-refractivity contribution >= 4 is 17.6 Å². The van der Waals surface area contributed by atoms with E-state index < -0.39 is 23.8 Å². The molecule has 1 fully saturated rings. The highest BCUT2D eigenvalue weighted by Crippen LogP contribution is 2.33. The molecule has 28 heavy (non-hydrogen) atoms. The minimum atomic E-state index is -0.754. The summed E-state index contributed by atoms with van der Waals surface area (Å²) < 4.78 is 13.6. The highest BCUT2D eigenvalue weighted by molar-refractivity contribution is 6.02. The summed E-state index contributed by atoms with van der Waals surface area (Å²) in [5, 5.41) is 4.65. The van der Waals surface area contributed by atoms with Crippen LogP contribution in [0.2, 0.25) is 0 Å². The van der Waals surface area contributed by atoms with E-state index in [1.54, 1.807) is 13.0 Å². The van der Waals surface area contributed by atoms with Gasteiger partial charge in [-0.25, -0.2) is 9.18 Å². The zero-order valence-corrected chi connectivity index (χ0v) is 15.8. The lowest BCUT2D eigenvalue weighted by atomic mass is 9.89. The van der Waals surface area contributed by atoms with Crippen molar-refractivity contribution < 1.29 is 14.0 Å². The zero-order valence-electron chi connectivity index (χ0n) is 15.8. The monoisotopic (exact) mass is 384 g/mol. The lowest BCUT2D eigenvalue weighted by Crippen LogP contribution is -2.47. The van der Waals surface area contributed by atoms with Crippen LogP contribution in [0, 0.1) is 11.7 Å². The van der Waals surface area contributed by atoms with Crippen molar-refractivity contribution in [3.8, 4) is 0 Å². The van der Waals surface area contributed by atoms with E-state index >= 15 is 0 Å². The molecule has 1 saturated heterocycles. The van der Waals surface area contributed by atoms with Crippen molar-refractivity contribution in [1.82, 2.24) is 10.2 Å². The van der Waals surface area contributed by atoms with Gasteiger partial charge in [-0.1, -0.05) is 42.5 Å². The number of benzene rings is 2. The van der Waals surface area contributed by atoms with Gasteiger partial charge in [-0.05, 0) is 37.1 Å². The normalized spacial score (nSPS) is 20.5. The SMILES string of the molecule is CC(C(=O)NC(=O)Nc1ccccc1F)N1C[C@@H](CN)[C@H](c2ccccc2)C1. The predicted octanol–water partition coefficient (Wildman–Crippen LogP) is 2.54. The first-order valence-corrected chi connectivity index (χ1v) is 9.35. The quantitative estimate of drug-likeness (QED) is 0.739. The van der Waals surface area contributed by atoms with Gasteiger partial charge in [-0.3, -0.25) is 15.0 Å². The summed E-state index contributed by atoms with van der Waals surface area (Å²) in [5.74, 6) is -0.508. The minimum Gasteiger partial charge on any atom is -0.330 e. The van der Waals surface area contributed by atoms with Crippen molar-refractivity contribution in [3.05, 3.63) is 66.0 Å². The average molecular weight is 384 g/mol. The lowest BCUT2D eigenvalue weighted by Gasteiger charge is -2.23. The molecule has 1 aliphatic heterocycles. The number of nitrogens with one attached hydrogen (secondary N) is 2. The smallest absolute Gasteiger partial charge is 0.326 e. The van der Waals surface area contributed by atoms with E-state index in [1.165, 1.54) is 23.8 Å². The van der Waals surface area contributed by atoms with E-state index in [4.69, 9.17) is 5.73 Å². The fraction of sp³-hybridized carbons (Fsp3) is 0.333. The molecule has 0 spiro atoms. The van der Waals surface area contributed by atoms with Gasteiger partial charge in [0, 0.05) is 19.0 Å². The fourth-order valence-electron chi connectivity index (χ4n) is 3.64. The highest BCUT2D eigenvalue weighted by Gasteiger charge is 2.37. The molecule has 3 amide bonds. The number of rotatable bonds is 5. The summed E-state index contributed by atoms with van der Waals surface area (Å²) in [6.07, 6.45) is 0. The van der Waals surface area contributed by atoms with E-state index in [1.807, 2.05) is 23.1 Å². The number of nitrogens with two attached hydrogens (primary N) is 1. The molecule has 1 aliphatic rings. The molecule has 7 heteroatoms. The summed E-state index contributed by atoms with van der Waals surface area (Å²) in [7, 11) is 0. The molecule has 3 rings (SSSR count). The molecule has 0 bridgehead atoms. The van der Waals surface area contributed by atoms with Crippen molar-refractivity contribution in [1.29, 1.82) is 0 Å². The van der Waals surface area contributed by atoms with Crippen LogP contribution in [-0.2, 0) is 4.79 Å². The molecule has 1 unspecified atom stereocenters. The number of urea groups is 1. The first kappa shape index (κ1) is 20.0. The molecular formula is C21H25FN4O2. The summed E-state index contributed by atoms with van der Waals surface area (Å²) >= 11 is 0. The van der Waals surface area contributed by atoms with Crippen LogP contribution in [0.25, 0.3) is 0 Å². The third kappa shape index (κ3) is 4.55. The topological polar surface area (TPSA) is 87.5 Å². The molecule has 0 aromatic heterocycles. The Hall–Kier alpha value is -2.77. The van der Waals surface area contributed by atoms with Gasteiger partial charge in [0.15, 0.2) is 0 Å². The maximum Gasteiger partial charge on any atom is 0.326 e. The van der Waals surface area contributed by atoms with E-state index in [9.17, 15) is 14.0 Å². The van der Waals surface area contributed by atoms with Gasteiger partial charge < -0.3 is 11.1 Å². The largest absolute Gasteiger partial charge is 0.330 e. The fourth-order valence-corrected chi connectivity index (χ4v) is 3.64.